The number of nitrogen functional groups attached to an aromatic ring is 1. The molecule has 0 bridgehead atoms. The minimum Gasteiger partial charge on any atom is -0.496 e. The van der Waals surface area contributed by atoms with E-state index >= 15 is 0 Å². The monoisotopic (exact) mass is 304 g/mol. The Kier molecular flexibility index (Phi) is 4.70. The summed E-state index contributed by atoms with van der Waals surface area (Å²) in [5, 5.41) is 0.500. The van der Waals surface area contributed by atoms with E-state index in [1.807, 2.05) is 24.3 Å². The predicted octanol–water partition coefficient (Wildman–Crippen LogP) is 3.20. The maximum atomic E-state index is 12.5. The average Bonchev–Trinajstić information content (AvgIpc) is 2.48. The third kappa shape index (κ3) is 3.67. The molecular weight excluding hydrogens is 288 g/mol. The number of hydrogen-bond acceptors (Lipinski definition) is 3. The first-order valence-electron chi connectivity index (χ1n) is 6.44. The zero-order valence-electron chi connectivity index (χ0n) is 12.0. The molecule has 0 aromatic heterocycles. The number of nitrogens with zero attached hydrogens (tertiary/aromatic N) is 1. The fourth-order valence-corrected chi connectivity index (χ4v) is 2.19. The van der Waals surface area contributed by atoms with Gasteiger partial charge in [-0.05, 0) is 35.9 Å². The van der Waals surface area contributed by atoms with Crippen molar-refractivity contribution >= 4 is 23.2 Å². The molecule has 0 heterocycles. The number of rotatable bonds is 4. The second-order valence-electron chi connectivity index (χ2n) is 4.75. The molecule has 0 atom stereocenters. The summed E-state index contributed by atoms with van der Waals surface area (Å²) in [6.07, 6.45) is 0. The predicted molar refractivity (Wildman–Crippen MR) is 84.7 cm³/mol. The Hall–Kier alpha value is -2.20. The Morgan fingerprint density at radius 3 is 2.52 bits per heavy atom. The molecule has 110 valence electrons. The molecule has 0 saturated carbocycles. The number of carbonyl (C=O) groups excluding carboxylic acids is 1. The largest absolute Gasteiger partial charge is 0.496 e. The molecule has 21 heavy (non-hydrogen) atoms. The number of nitrogens with two attached hydrogens (primary N) is 1. The van der Waals surface area contributed by atoms with Gasteiger partial charge in [-0.1, -0.05) is 23.7 Å². The van der Waals surface area contributed by atoms with Gasteiger partial charge >= 0.3 is 0 Å². The lowest BCUT2D eigenvalue weighted by Crippen LogP contribution is -2.26. The first-order chi connectivity index (χ1) is 10.0. The summed E-state index contributed by atoms with van der Waals surface area (Å²) in [4.78, 5) is 14.1. The van der Waals surface area contributed by atoms with E-state index < -0.39 is 0 Å². The number of hydrogen-bond donors (Lipinski definition) is 1. The van der Waals surface area contributed by atoms with Crippen molar-refractivity contribution in [2.45, 2.75) is 6.54 Å². The van der Waals surface area contributed by atoms with Crippen LogP contribution in [0.5, 0.6) is 5.75 Å². The summed E-state index contributed by atoms with van der Waals surface area (Å²) in [6, 6.07) is 12.4. The van der Waals surface area contributed by atoms with Crippen LogP contribution in [0.15, 0.2) is 42.5 Å². The topological polar surface area (TPSA) is 55.6 Å². The van der Waals surface area contributed by atoms with Crippen LogP contribution < -0.4 is 10.5 Å². The molecule has 2 rings (SSSR count). The first kappa shape index (κ1) is 15.2. The second-order valence-corrected chi connectivity index (χ2v) is 5.18. The lowest BCUT2D eigenvalue weighted by atomic mass is 10.1. The summed E-state index contributed by atoms with van der Waals surface area (Å²) in [5.74, 6) is 0.361. The lowest BCUT2D eigenvalue weighted by molar-refractivity contribution is 0.0781. The molecule has 0 unspecified atom stereocenters. The fraction of sp³-hybridized carbons (Fsp3) is 0.188. The molecule has 2 aromatic carbocycles. The van der Waals surface area contributed by atoms with Crippen molar-refractivity contribution in [3.05, 3.63) is 58.6 Å². The molecule has 2 aromatic rings. The summed E-state index contributed by atoms with van der Waals surface area (Å²) in [7, 11) is 3.26. The van der Waals surface area contributed by atoms with Crippen molar-refractivity contribution < 1.29 is 9.53 Å². The zero-order chi connectivity index (χ0) is 15.4. The number of methoxy groups -OCH3 is 1. The minimum atomic E-state index is -0.147. The molecule has 4 nitrogen and oxygen atoms in total. The maximum Gasteiger partial charge on any atom is 0.257 e. The third-order valence-electron chi connectivity index (χ3n) is 3.14. The Balaban J connectivity index is 2.19. The van der Waals surface area contributed by atoms with Crippen LogP contribution in [-0.2, 0) is 6.54 Å². The van der Waals surface area contributed by atoms with Crippen molar-refractivity contribution in [2.24, 2.45) is 0 Å². The highest BCUT2D eigenvalue weighted by Gasteiger charge is 2.17. The van der Waals surface area contributed by atoms with E-state index in [0.717, 1.165) is 5.56 Å². The van der Waals surface area contributed by atoms with E-state index in [0.29, 0.717) is 28.6 Å². The summed E-state index contributed by atoms with van der Waals surface area (Å²) < 4.78 is 5.21. The van der Waals surface area contributed by atoms with Crippen molar-refractivity contribution in [2.75, 3.05) is 19.9 Å². The van der Waals surface area contributed by atoms with E-state index in [1.54, 1.807) is 30.1 Å². The van der Waals surface area contributed by atoms with Gasteiger partial charge in [0.2, 0.25) is 0 Å². The molecular formula is C16H17ClN2O2. The molecule has 2 N–H and O–H groups in total. The van der Waals surface area contributed by atoms with Crippen molar-refractivity contribution in [1.82, 2.24) is 4.90 Å². The number of anilines is 1. The van der Waals surface area contributed by atoms with E-state index in [9.17, 15) is 4.79 Å². The summed E-state index contributed by atoms with van der Waals surface area (Å²) in [5.41, 5.74) is 7.80. The van der Waals surface area contributed by atoms with Gasteiger partial charge < -0.3 is 15.4 Å². The van der Waals surface area contributed by atoms with E-state index in [1.165, 1.54) is 7.11 Å². The van der Waals surface area contributed by atoms with Gasteiger partial charge in [-0.25, -0.2) is 0 Å². The quantitative estimate of drug-likeness (QED) is 0.883. The first-order valence-corrected chi connectivity index (χ1v) is 6.82. The Morgan fingerprint density at radius 2 is 1.90 bits per heavy atom. The van der Waals surface area contributed by atoms with Crippen LogP contribution in [0, 0.1) is 0 Å². The van der Waals surface area contributed by atoms with E-state index in [2.05, 4.69) is 0 Å². The maximum absolute atomic E-state index is 12.5. The average molecular weight is 305 g/mol. The van der Waals surface area contributed by atoms with E-state index in [-0.39, 0.29) is 5.91 Å². The van der Waals surface area contributed by atoms with Crippen LogP contribution in [0.2, 0.25) is 5.02 Å². The number of carbonyl (C=O) groups is 1. The van der Waals surface area contributed by atoms with Crippen LogP contribution in [0.3, 0.4) is 0 Å². The van der Waals surface area contributed by atoms with Crippen molar-refractivity contribution in [3.63, 3.8) is 0 Å². The highest BCUT2D eigenvalue weighted by Crippen LogP contribution is 2.24. The fourth-order valence-electron chi connectivity index (χ4n) is 2.02. The highest BCUT2D eigenvalue weighted by atomic mass is 35.5. The molecule has 0 aliphatic heterocycles. The van der Waals surface area contributed by atoms with Crippen molar-refractivity contribution in [3.8, 4) is 5.75 Å². The Morgan fingerprint density at radius 1 is 1.24 bits per heavy atom. The molecule has 5 heteroatoms. The molecule has 1 amide bonds. The van der Waals surface area contributed by atoms with Crippen LogP contribution in [0.25, 0.3) is 0 Å². The number of halogens is 1. The number of ether oxygens (including phenoxy) is 1. The van der Waals surface area contributed by atoms with Gasteiger partial charge in [-0.15, -0.1) is 0 Å². The smallest absolute Gasteiger partial charge is 0.257 e. The van der Waals surface area contributed by atoms with Crippen LogP contribution in [0.1, 0.15) is 15.9 Å². The lowest BCUT2D eigenvalue weighted by Gasteiger charge is -2.19. The Labute approximate surface area is 129 Å². The van der Waals surface area contributed by atoms with Gasteiger partial charge in [0.25, 0.3) is 5.91 Å². The molecule has 0 radical (unpaired) electrons. The number of benzene rings is 2. The van der Waals surface area contributed by atoms with Gasteiger partial charge in [-0.3, -0.25) is 4.79 Å². The molecule has 0 spiro atoms. The second kappa shape index (κ2) is 6.50. The van der Waals surface area contributed by atoms with Gasteiger partial charge in [0, 0.05) is 24.3 Å². The highest BCUT2D eigenvalue weighted by molar-refractivity contribution is 6.31. The summed E-state index contributed by atoms with van der Waals surface area (Å²) >= 11 is 5.96. The third-order valence-corrected chi connectivity index (χ3v) is 3.37. The molecule has 0 aliphatic rings. The van der Waals surface area contributed by atoms with Gasteiger partial charge in [-0.2, -0.15) is 0 Å². The van der Waals surface area contributed by atoms with E-state index in [4.69, 9.17) is 22.1 Å². The standard InChI is InChI=1S/C16H17ClN2O2/c1-19(10-11-3-6-13(18)7-4-11)16(20)14-9-12(17)5-8-15(14)21-2/h3-9H,10,18H2,1-2H3. The SMILES string of the molecule is COc1ccc(Cl)cc1C(=O)N(C)Cc1ccc(N)cc1. The molecule has 0 aliphatic carbocycles. The van der Waals surface area contributed by atoms with Crippen molar-refractivity contribution in [1.29, 1.82) is 0 Å². The van der Waals surface area contributed by atoms with Crippen LogP contribution >= 0.6 is 11.6 Å². The Bertz CT molecular complexity index is 641. The van der Waals surface area contributed by atoms with Gasteiger partial charge in [0.05, 0.1) is 12.7 Å². The van der Waals surface area contributed by atoms with Gasteiger partial charge in [0.1, 0.15) is 5.75 Å². The van der Waals surface area contributed by atoms with Crippen LogP contribution in [0.4, 0.5) is 5.69 Å². The van der Waals surface area contributed by atoms with Crippen LogP contribution in [-0.4, -0.2) is 25.0 Å². The normalized spacial score (nSPS) is 10.2. The number of amides is 1. The van der Waals surface area contributed by atoms with Gasteiger partial charge in [0.15, 0.2) is 0 Å². The molecule has 0 saturated heterocycles. The minimum absolute atomic E-state index is 0.147. The molecule has 0 fully saturated rings. The zero-order valence-corrected chi connectivity index (χ0v) is 12.7. The summed E-state index contributed by atoms with van der Waals surface area (Å²) in [6.45, 7) is 0.481.